The van der Waals surface area contributed by atoms with E-state index in [1.807, 2.05) is 37.3 Å². The molecule has 1 aromatic carbocycles. The molecule has 1 fully saturated rings. The van der Waals surface area contributed by atoms with Crippen LogP contribution in [0.5, 0.6) is 0 Å². The van der Waals surface area contributed by atoms with Crippen molar-refractivity contribution in [2.75, 3.05) is 26.2 Å². The second-order valence-corrected chi connectivity index (χ2v) is 7.07. The Kier molecular flexibility index (Phi) is 5.06. The van der Waals surface area contributed by atoms with Gasteiger partial charge in [-0.05, 0) is 25.1 Å². The maximum atomic E-state index is 6.04. The van der Waals surface area contributed by atoms with Crippen molar-refractivity contribution in [1.82, 2.24) is 19.9 Å². The minimum absolute atomic E-state index is 0.613. The fraction of sp³-hybridized carbons (Fsp3) is 0.368. The number of nitrogens with zero attached hydrogens (tertiary/aromatic N) is 4. The van der Waals surface area contributed by atoms with E-state index in [0.717, 1.165) is 62.0 Å². The molecule has 1 aliphatic rings. The average molecular weight is 373 g/mol. The van der Waals surface area contributed by atoms with Crippen LogP contribution in [0.4, 0.5) is 0 Å². The monoisotopic (exact) mass is 372 g/mol. The first-order valence-corrected chi connectivity index (χ1v) is 9.11. The number of rotatable bonds is 5. The zero-order chi connectivity index (χ0) is 17.9. The summed E-state index contributed by atoms with van der Waals surface area (Å²) in [4.78, 5) is 9.39. The highest BCUT2D eigenvalue weighted by Crippen LogP contribution is 2.22. The molecule has 0 amide bonds. The van der Waals surface area contributed by atoms with E-state index >= 15 is 0 Å². The van der Waals surface area contributed by atoms with E-state index in [2.05, 4.69) is 19.9 Å². The summed E-state index contributed by atoms with van der Waals surface area (Å²) in [5.74, 6) is 1.47. The predicted octanol–water partition coefficient (Wildman–Crippen LogP) is 3.61. The van der Waals surface area contributed by atoms with Crippen LogP contribution in [0.15, 0.2) is 45.5 Å². The minimum Gasteiger partial charge on any atom is -0.444 e. The fourth-order valence-corrected chi connectivity index (χ4v) is 3.38. The Morgan fingerprint density at radius 2 is 1.77 bits per heavy atom. The van der Waals surface area contributed by atoms with E-state index in [4.69, 9.17) is 20.5 Å². The molecule has 0 bridgehead atoms. The standard InChI is InChI=1S/C19H21ClN4O2/c1-14-9-17(22-26-14)11-23-5-7-24(8-6-23)12-18-13-25-19(21-18)15-3-2-4-16(20)10-15/h2-4,9-10,13H,5-8,11-12H2,1H3. The third kappa shape index (κ3) is 4.15. The number of aryl methyl sites for hydroxylation is 1. The molecule has 0 spiro atoms. The maximum absolute atomic E-state index is 6.04. The number of oxazole rings is 1. The summed E-state index contributed by atoms with van der Waals surface area (Å²) in [6.45, 7) is 7.56. The molecule has 0 atom stereocenters. The maximum Gasteiger partial charge on any atom is 0.226 e. The number of halogens is 1. The molecule has 0 aliphatic carbocycles. The van der Waals surface area contributed by atoms with Crippen molar-refractivity contribution in [3.63, 3.8) is 0 Å². The highest BCUT2D eigenvalue weighted by molar-refractivity contribution is 6.30. The zero-order valence-electron chi connectivity index (χ0n) is 14.7. The molecule has 2 aromatic heterocycles. The molecule has 3 aromatic rings. The molecule has 7 heteroatoms. The molecule has 1 aliphatic heterocycles. The van der Waals surface area contributed by atoms with Crippen LogP contribution in [0.1, 0.15) is 17.1 Å². The van der Waals surface area contributed by atoms with Gasteiger partial charge < -0.3 is 8.94 Å². The van der Waals surface area contributed by atoms with Gasteiger partial charge >= 0.3 is 0 Å². The normalized spacial score (nSPS) is 16.2. The molecule has 136 valence electrons. The molecule has 3 heterocycles. The first-order valence-electron chi connectivity index (χ1n) is 8.73. The quantitative estimate of drug-likeness (QED) is 0.682. The Bertz CT molecular complexity index is 868. The summed E-state index contributed by atoms with van der Waals surface area (Å²) in [7, 11) is 0. The van der Waals surface area contributed by atoms with Gasteiger partial charge in [-0.2, -0.15) is 0 Å². The lowest BCUT2D eigenvalue weighted by Gasteiger charge is -2.33. The van der Waals surface area contributed by atoms with Gasteiger partial charge in [0.1, 0.15) is 12.0 Å². The molecular weight excluding hydrogens is 352 g/mol. The fourth-order valence-electron chi connectivity index (χ4n) is 3.19. The van der Waals surface area contributed by atoms with E-state index in [9.17, 15) is 0 Å². The van der Waals surface area contributed by atoms with E-state index in [1.165, 1.54) is 0 Å². The summed E-state index contributed by atoms with van der Waals surface area (Å²) in [5.41, 5.74) is 2.84. The first-order chi connectivity index (χ1) is 12.7. The number of aromatic nitrogens is 2. The number of piperazine rings is 1. The molecule has 0 N–H and O–H groups in total. The van der Waals surface area contributed by atoms with Gasteiger partial charge in [0.05, 0.1) is 11.4 Å². The molecular formula is C19H21ClN4O2. The molecule has 1 saturated heterocycles. The van der Waals surface area contributed by atoms with Crippen LogP contribution in [0, 0.1) is 6.92 Å². The van der Waals surface area contributed by atoms with E-state index < -0.39 is 0 Å². The van der Waals surface area contributed by atoms with Crippen LogP contribution in [-0.4, -0.2) is 46.1 Å². The van der Waals surface area contributed by atoms with Crippen LogP contribution in [0.3, 0.4) is 0 Å². The highest BCUT2D eigenvalue weighted by Gasteiger charge is 2.19. The molecule has 0 radical (unpaired) electrons. The van der Waals surface area contributed by atoms with Crippen LogP contribution < -0.4 is 0 Å². The van der Waals surface area contributed by atoms with Gasteiger partial charge in [-0.3, -0.25) is 9.80 Å². The summed E-state index contributed by atoms with van der Waals surface area (Å²) in [5, 5.41) is 4.75. The zero-order valence-corrected chi connectivity index (χ0v) is 15.4. The van der Waals surface area contributed by atoms with Crippen LogP contribution in [-0.2, 0) is 13.1 Å². The lowest BCUT2D eigenvalue weighted by atomic mass is 10.2. The average Bonchev–Trinajstić information content (AvgIpc) is 3.26. The number of hydrogen-bond acceptors (Lipinski definition) is 6. The number of hydrogen-bond donors (Lipinski definition) is 0. The smallest absolute Gasteiger partial charge is 0.226 e. The van der Waals surface area contributed by atoms with E-state index in [0.29, 0.717) is 10.9 Å². The van der Waals surface area contributed by atoms with Gasteiger partial charge in [0.25, 0.3) is 0 Å². The SMILES string of the molecule is Cc1cc(CN2CCN(Cc3coc(-c4cccc(Cl)c4)n3)CC2)no1. The van der Waals surface area contributed by atoms with Crippen molar-refractivity contribution in [3.8, 4) is 11.5 Å². The largest absolute Gasteiger partial charge is 0.444 e. The van der Waals surface area contributed by atoms with Gasteiger partial charge in [-0.25, -0.2) is 4.98 Å². The van der Waals surface area contributed by atoms with Crippen molar-refractivity contribution >= 4 is 11.6 Å². The molecule has 26 heavy (non-hydrogen) atoms. The summed E-state index contributed by atoms with van der Waals surface area (Å²) >= 11 is 6.04. The molecule has 0 saturated carbocycles. The van der Waals surface area contributed by atoms with Gasteiger partial charge in [-0.15, -0.1) is 0 Å². The van der Waals surface area contributed by atoms with Crippen molar-refractivity contribution in [3.05, 3.63) is 58.8 Å². The topological polar surface area (TPSA) is 58.5 Å². The lowest BCUT2D eigenvalue weighted by Crippen LogP contribution is -2.45. The second-order valence-electron chi connectivity index (χ2n) is 6.64. The van der Waals surface area contributed by atoms with E-state index in [1.54, 1.807) is 6.26 Å². The summed E-state index contributed by atoms with van der Waals surface area (Å²) in [6, 6.07) is 9.55. The van der Waals surface area contributed by atoms with Crippen LogP contribution >= 0.6 is 11.6 Å². The Balaban J connectivity index is 1.30. The van der Waals surface area contributed by atoms with Crippen molar-refractivity contribution in [1.29, 1.82) is 0 Å². The van der Waals surface area contributed by atoms with E-state index in [-0.39, 0.29) is 0 Å². The number of benzene rings is 1. The van der Waals surface area contributed by atoms with Gasteiger partial charge in [0.2, 0.25) is 5.89 Å². The molecule has 4 rings (SSSR count). The third-order valence-electron chi connectivity index (χ3n) is 4.54. The summed E-state index contributed by atoms with van der Waals surface area (Å²) < 4.78 is 10.8. The van der Waals surface area contributed by atoms with Crippen molar-refractivity contribution in [2.45, 2.75) is 20.0 Å². The Labute approximate surface area is 157 Å². The second kappa shape index (κ2) is 7.61. The Morgan fingerprint density at radius 3 is 2.42 bits per heavy atom. The van der Waals surface area contributed by atoms with Gasteiger partial charge in [0.15, 0.2) is 0 Å². The Hall–Kier alpha value is -2.15. The van der Waals surface area contributed by atoms with Crippen molar-refractivity contribution < 1.29 is 8.94 Å². The van der Waals surface area contributed by atoms with Gasteiger partial charge in [-0.1, -0.05) is 22.8 Å². The molecule has 6 nitrogen and oxygen atoms in total. The predicted molar refractivity (Wildman–Crippen MR) is 98.7 cm³/mol. The highest BCUT2D eigenvalue weighted by atomic mass is 35.5. The Morgan fingerprint density at radius 1 is 1.04 bits per heavy atom. The third-order valence-corrected chi connectivity index (χ3v) is 4.77. The minimum atomic E-state index is 0.613. The van der Waals surface area contributed by atoms with Crippen LogP contribution in [0.25, 0.3) is 11.5 Å². The lowest BCUT2D eigenvalue weighted by molar-refractivity contribution is 0.119. The molecule has 0 unspecified atom stereocenters. The summed E-state index contributed by atoms with van der Waals surface area (Å²) in [6.07, 6.45) is 1.74. The first kappa shape index (κ1) is 17.3. The van der Waals surface area contributed by atoms with Gasteiger partial charge in [0, 0.05) is 55.9 Å². The van der Waals surface area contributed by atoms with Crippen molar-refractivity contribution in [2.24, 2.45) is 0 Å². The van der Waals surface area contributed by atoms with Crippen LogP contribution in [0.2, 0.25) is 5.02 Å².